The number of halogens is 3. The van der Waals surface area contributed by atoms with Crippen molar-refractivity contribution in [3.05, 3.63) is 63.9 Å². The SMILES string of the molecule is Cl.N=C(N)c1ccc(OCc2ccc(Br)cc2)c(F)c1. The highest BCUT2D eigenvalue weighted by atomic mass is 79.9. The number of nitrogen functional groups attached to an aromatic ring is 1. The van der Waals surface area contributed by atoms with Gasteiger partial charge in [-0.1, -0.05) is 28.1 Å². The van der Waals surface area contributed by atoms with Crippen LogP contribution in [0.3, 0.4) is 0 Å². The summed E-state index contributed by atoms with van der Waals surface area (Å²) in [6.45, 7) is 0.281. The lowest BCUT2D eigenvalue weighted by atomic mass is 10.2. The Morgan fingerprint density at radius 1 is 1.20 bits per heavy atom. The fraction of sp³-hybridized carbons (Fsp3) is 0.0714. The molecule has 3 nitrogen and oxygen atoms in total. The van der Waals surface area contributed by atoms with Gasteiger partial charge < -0.3 is 10.5 Å². The van der Waals surface area contributed by atoms with E-state index in [1.54, 1.807) is 6.07 Å². The van der Waals surface area contributed by atoms with Crippen molar-refractivity contribution in [3.63, 3.8) is 0 Å². The molecule has 2 aromatic carbocycles. The van der Waals surface area contributed by atoms with Gasteiger partial charge in [0.05, 0.1) is 0 Å². The van der Waals surface area contributed by atoms with E-state index in [1.807, 2.05) is 24.3 Å². The lowest BCUT2D eigenvalue weighted by Gasteiger charge is -2.08. The van der Waals surface area contributed by atoms with Crippen LogP contribution in [0.25, 0.3) is 0 Å². The quantitative estimate of drug-likeness (QED) is 0.643. The highest BCUT2D eigenvalue weighted by Gasteiger charge is 2.06. The van der Waals surface area contributed by atoms with E-state index in [1.165, 1.54) is 12.1 Å². The molecule has 6 heteroatoms. The van der Waals surface area contributed by atoms with E-state index < -0.39 is 5.82 Å². The summed E-state index contributed by atoms with van der Waals surface area (Å²) in [5.74, 6) is -0.545. The summed E-state index contributed by atoms with van der Waals surface area (Å²) in [4.78, 5) is 0. The Balaban J connectivity index is 0.00000200. The molecule has 0 aliphatic heterocycles. The van der Waals surface area contributed by atoms with Crippen LogP contribution in [0, 0.1) is 11.2 Å². The second-order valence-corrected chi connectivity index (χ2v) is 4.89. The Hall–Kier alpha value is -1.59. The van der Waals surface area contributed by atoms with Gasteiger partial charge in [-0.05, 0) is 35.9 Å². The molecule has 0 saturated carbocycles. The van der Waals surface area contributed by atoms with E-state index >= 15 is 0 Å². The average molecular weight is 360 g/mol. The Morgan fingerprint density at radius 2 is 1.85 bits per heavy atom. The topological polar surface area (TPSA) is 59.1 Å². The van der Waals surface area contributed by atoms with Crippen molar-refractivity contribution in [1.29, 1.82) is 5.41 Å². The molecule has 0 aliphatic rings. The Bertz CT molecular complexity index is 605. The molecule has 0 amide bonds. The van der Waals surface area contributed by atoms with Crippen LogP contribution in [-0.4, -0.2) is 5.84 Å². The Labute approximate surface area is 131 Å². The number of hydrogen-bond acceptors (Lipinski definition) is 2. The first-order valence-electron chi connectivity index (χ1n) is 5.57. The third-order valence-corrected chi connectivity index (χ3v) is 3.08. The number of hydrogen-bond donors (Lipinski definition) is 2. The number of amidine groups is 1. The molecule has 106 valence electrons. The smallest absolute Gasteiger partial charge is 0.165 e. The molecule has 0 aromatic heterocycles. The van der Waals surface area contributed by atoms with Crippen molar-refractivity contribution >= 4 is 34.2 Å². The molecule has 0 unspecified atom stereocenters. The van der Waals surface area contributed by atoms with Gasteiger partial charge in [0.25, 0.3) is 0 Å². The summed E-state index contributed by atoms with van der Waals surface area (Å²) in [6, 6.07) is 11.8. The summed E-state index contributed by atoms with van der Waals surface area (Å²) in [6.07, 6.45) is 0. The van der Waals surface area contributed by atoms with Crippen LogP contribution in [0.4, 0.5) is 4.39 Å². The van der Waals surface area contributed by atoms with Crippen LogP contribution in [-0.2, 0) is 6.61 Å². The zero-order valence-corrected chi connectivity index (χ0v) is 12.8. The molecule has 3 N–H and O–H groups in total. The predicted molar refractivity (Wildman–Crippen MR) is 83.1 cm³/mol. The number of benzene rings is 2. The van der Waals surface area contributed by atoms with Gasteiger partial charge in [-0.2, -0.15) is 0 Å². The Kier molecular flexibility index (Phi) is 5.98. The Morgan fingerprint density at radius 3 is 2.40 bits per heavy atom. The first-order chi connectivity index (χ1) is 9.06. The van der Waals surface area contributed by atoms with Crippen LogP contribution >= 0.6 is 28.3 Å². The minimum absolute atomic E-state index is 0. The van der Waals surface area contributed by atoms with Crippen LogP contribution < -0.4 is 10.5 Å². The van der Waals surface area contributed by atoms with Crippen molar-refractivity contribution in [2.24, 2.45) is 5.73 Å². The number of nitrogens with one attached hydrogen (secondary N) is 1. The van der Waals surface area contributed by atoms with Crippen molar-refractivity contribution in [2.45, 2.75) is 6.61 Å². The van der Waals surface area contributed by atoms with Crippen LogP contribution in [0.2, 0.25) is 0 Å². The number of rotatable bonds is 4. The van der Waals surface area contributed by atoms with E-state index in [-0.39, 0.29) is 30.6 Å². The fourth-order valence-corrected chi connectivity index (χ4v) is 1.79. The van der Waals surface area contributed by atoms with E-state index in [0.29, 0.717) is 5.56 Å². The maximum absolute atomic E-state index is 13.7. The van der Waals surface area contributed by atoms with Crippen molar-refractivity contribution in [3.8, 4) is 5.75 Å². The lowest BCUT2D eigenvalue weighted by Crippen LogP contribution is -2.11. The standard InChI is InChI=1S/C14H12BrFN2O.ClH/c15-11-4-1-9(2-5-11)8-19-13-6-3-10(14(17)18)7-12(13)16;/h1-7H,8H2,(H3,17,18);1H. The summed E-state index contributed by atoms with van der Waals surface area (Å²) in [5, 5.41) is 7.22. The lowest BCUT2D eigenvalue weighted by molar-refractivity contribution is 0.290. The monoisotopic (exact) mass is 358 g/mol. The highest BCUT2D eigenvalue weighted by molar-refractivity contribution is 9.10. The van der Waals surface area contributed by atoms with E-state index in [0.717, 1.165) is 10.0 Å². The molecule has 20 heavy (non-hydrogen) atoms. The second kappa shape index (κ2) is 7.26. The molecule has 0 aliphatic carbocycles. The molecular weight excluding hydrogens is 347 g/mol. The minimum Gasteiger partial charge on any atom is -0.486 e. The summed E-state index contributed by atoms with van der Waals surface area (Å²) in [5.41, 5.74) is 6.57. The van der Waals surface area contributed by atoms with Crippen molar-refractivity contribution in [2.75, 3.05) is 0 Å². The molecule has 0 heterocycles. The first-order valence-corrected chi connectivity index (χ1v) is 6.37. The molecule has 0 radical (unpaired) electrons. The van der Waals surface area contributed by atoms with Gasteiger partial charge in [0, 0.05) is 10.0 Å². The van der Waals surface area contributed by atoms with Crippen LogP contribution in [0.1, 0.15) is 11.1 Å². The summed E-state index contributed by atoms with van der Waals surface area (Å²) >= 11 is 3.34. The first kappa shape index (κ1) is 16.5. The molecule has 2 rings (SSSR count). The summed E-state index contributed by atoms with van der Waals surface area (Å²) in [7, 11) is 0. The number of ether oxygens (including phenoxy) is 1. The zero-order valence-electron chi connectivity index (χ0n) is 10.4. The highest BCUT2D eigenvalue weighted by Crippen LogP contribution is 2.20. The van der Waals surface area contributed by atoms with Gasteiger partial charge in [0.1, 0.15) is 12.4 Å². The molecule has 0 bridgehead atoms. The molecular formula is C14H13BrClFN2O. The minimum atomic E-state index is -0.523. The molecule has 0 atom stereocenters. The molecule has 0 fully saturated rings. The van der Waals surface area contributed by atoms with E-state index in [4.69, 9.17) is 15.9 Å². The van der Waals surface area contributed by atoms with E-state index in [9.17, 15) is 4.39 Å². The third-order valence-electron chi connectivity index (χ3n) is 2.55. The van der Waals surface area contributed by atoms with Gasteiger partial charge >= 0.3 is 0 Å². The van der Waals surface area contributed by atoms with Crippen molar-refractivity contribution in [1.82, 2.24) is 0 Å². The van der Waals surface area contributed by atoms with Crippen molar-refractivity contribution < 1.29 is 9.13 Å². The maximum Gasteiger partial charge on any atom is 0.165 e. The predicted octanol–water partition coefficient (Wildman–Crippen LogP) is 3.87. The molecule has 0 saturated heterocycles. The maximum atomic E-state index is 13.7. The van der Waals surface area contributed by atoms with Crippen LogP contribution in [0.5, 0.6) is 5.75 Å². The van der Waals surface area contributed by atoms with Gasteiger partial charge in [0.15, 0.2) is 11.6 Å². The molecule has 2 aromatic rings. The average Bonchev–Trinajstić information content (AvgIpc) is 2.39. The number of nitrogens with two attached hydrogens (primary N) is 1. The van der Waals surface area contributed by atoms with Crippen LogP contribution in [0.15, 0.2) is 46.9 Å². The third kappa shape index (κ3) is 4.21. The zero-order chi connectivity index (χ0) is 13.8. The second-order valence-electron chi connectivity index (χ2n) is 3.97. The van der Waals surface area contributed by atoms with Gasteiger partial charge in [-0.25, -0.2) is 4.39 Å². The van der Waals surface area contributed by atoms with E-state index in [2.05, 4.69) is 15.9 Å². The normalized spacial score (nSPS) is 9.70. The summed E-state index contributed by atoms with van der Waals surface area (Å²) < 4.78 is 20.1. The largest absolute Gasteiger partial charge is 0.486 e. The van der Waals surface area contributed by atoms with Gasteiger partial charge in [-0.3, -0.25) is 5.41 Å². The molecule has 0 spiro atoms. The van der Waals surface area contributed by atoms with Gasteiger partial charge in [0.2, 0.25) is 0 Å². The fourth-order valence-electron chi connectivity index (χ4n) is 1.53. The van der Waals surface area contributed by atoms with Gasteiger partial charge in [-0.15, -0.1) is 12.4 Å².